The summed E-state index contributed by atoms with van der Waals surface area (Å²) >= 11 is 4.89. The lowest BCUT2D eigenvalue weighted by Gasteiger charge is -2.07. The fraction of sp³-hybridized carbons (Fsp3) is 0.0732. The Morgan fingerprint density at radius 3 is 1.50 bits per heavy atom. The highest BCUT2D eigenvalue weighted by Crippen LogP contribution is 2.27. The maximum Gasteiger partial charge on any atom is 0.262 e. The van der Waals surface area contributed by atoms with Crippen LogP contribution in [0.3, 0.4) is 0 Å². The fourth-order valence-electron chi connectivity index (χ4n) is 5.32. The third kappa shape index (κ3) is 9.72. The second-order valence-corrected chi connectivity index (χ2v) is 12.2. The number of nitrogens with zero attached hydrogens (tertiary/aromatic N) is 6. The molecule has 0 saturated carbocycles. The Kier molecular flexibility index (Phi) is 13.4. The van der Waals surface area contributed by atoms with Crippen molar-refractivity contribution in [1.29, 1.82) is 0 Å². The van der Waals surface area contributed by atoms with Crippen LogP contribution in [0.1, 0.15) is 28.1 Å². The maximum atomic E-state index is 13.7. The molecule has 6 aromatic heterocycles. The van der Waals surface area contributed by atoms with Crippen LogP contribution in [0, 0.1) is 23.3 Å². The summed E-state index contributed by atoms with van der Waals surface area (Å²) in [5.41, 5.74) is 9.18. The predicted octanol–water partition coefficient (Wildman–Crippen LogP) is 9.58. The second kappa shape index (κ2) is 18.5. The van der Waals surface area contributed by atoms with Crippen LogP contribution in [0.25, 0.3) is 45.4 Å². The summed E-state index contributed by atoms with van der Waals surface area (Å²) in [4.78, 5) is 30.7. The number of nitrogen functional groups attached to an aromatic ring is 1. The first kappa shape index (κ1) is 41.8. The van der Waals surface area contributed by atoms with Crippen LogP contribution < -0.4 is 11.1 Å². The smallest absolute Gasteiger partial charge is 0.262 e. The van der Waals surface area contributed by atoms with Gasteiger partial charge in [0.05, 0.1) is 23.9 Å². The molecule has 6 heterocycles. The zero-order valence-corrected chi connectivity index (χ0v) is 30.6. The van der Waals surface area contributed by atoms with E-state index in [0.717, 1.165) is 64.3 Å². The van der Waals surface area contributed by atoms with Gasteiger partial charge >= 0.3 is 0 Å². The van der Waals surface area contributed by atoms with Gasteiger partial charge in [-0.15, -0.1) is 0 Å². The Morgan fingerprint density at radius 1 is 0.655 bits per heavy atom. The number of amides is 1. The second-order valence-electron chi connectivity index (χ2n) is 11.9. The van der Waals surface area contributed by atoms with E-state index in [1.165, 1.54) is 12.3 Å². The van der Waals surface area contributed by atoms with E-state index in [1.807, 2.05) is 43.4 Å². The highest BCUT2D eigenvalue weighted by atomic mass is 35.5. The molecule has 0 saturated heterocycles. The van der Waals surface area contributed by atoms with E-state index in [1.54, 1.807) is 59.4 Å². The molecule has 8 aromatic rings. The van der Waals surface area contributed by atoms with Gasteiger partial charge in [0.1, 0.15) is 57.4 Å². The number of anilines is 2. The average Bonchev–Trinajstić information content (AvgIpc) is 4.01. The largest absolute Gasteiger partial charge is 0.463 e. The van der Waals surface area contributed by atoms with Gasteiger partial charge in [0, 0.05) is 37.6 Å². The summed E-state index contributed by atoms with van der Waals surface area (Å²) in [5, 5.41) is 10.1. The summed E-state index contributed by atoms with van der Waals surface area (Å²) in [7, 11) is 3.68. The van der Waals surface area contributed by atoms with Crippen LogP contribution in [0.2, 0.25) is 0 Å². The van der Waals surface area contributed by atoms with Gasteiger partial charge in [-0.3, -0.25) is 19.0 Å². The van der Waals surface area contributed by atoms with Gasteiger partial charge in [-0.05, 0) is 96.5 Å². The Morgan fingerprint density at radius 2 is 1.12 bits per heavy atom. The number of aryl methyl sites for hydroxylation is 2. The molecule has 1 amide bonds. The normalized spacial score (nSPS) is 10.4. The average molecular weight is 813 g/mol. The number of halogens is 5. The number of aromatic nitrogens is 6. The van der Waals surface area contributed by atoms with Crippen molar-refractivity contribution in [3.05, 3.63) is 156 Å². The number of nitrogens with one attached hydrogen (secondary N) is 1. The zero-order chi connectivity index (χ0) is 40.6. The standard InChI is InChI=1S/C20H14F2N4O2.C13H12N4O.C7H3ClF2O.CH4/c1-26-16(10-15(25-26)17-6-3-9-28-17)12-7-8-18(23-11-12)24-20(27)19-13(21)4-2-5-14(19)22;1-17-11(9-4-5-13(14)15-8-9)7-10(16-17)12-3-2-6-18-12;8-7(11)6-4(9)2-1-3-5(6)10;/h2-11H,1H3,(H,23,24,27);2-8H,1H3,(H2,14,15);1-3H;1H4. The minimum Gasteiger partial charge on any atom is -0.463 e. The number of benzene rings is 2. The summed E-state index contributed by atoms with van der Waals surface area (Å²) in [6, 6.07) is 24.4. The van der Waals surface area contributed by atoms with Crippen LogP contribution in [-0.2, 0) is 14.1 Å². The van der Waals surface area contributed by atoms with E-state index in [2.05, 4.69) is 25.5 Å². The summed E-state index contributed by atoms with van der Waals surface area (Å²) in [6.07, 6.45) is 6.48. The van der Waals surface area contributed by atoms with Crippen LogP contribution in [0.15, 0.2) is 131 Å². The molecule has 58 heavy (non-hydrogen) atoms. The van der Waals surface area contributed by atoms with Crippen molar-refractivity contribution in [2.24, 2.45) is 14.1 Å². The van der Waals surface area contributed by atoms with Crippen LogP contribution in [0.5, 0.6) is 0 Å². The maximum absolute atomic E-state index is 13.7. The van der Waals surface area contributed by atoms with Gasteiger partial charge in [0.2, 0.25) is 0 Å². The summed E-state index contributed by atoms with van der Waals surface area (Å²) in [6.45, 7) is 0. The molecule has 17 heteroatoms. The Labute approximate surface area is 333 Å². The van der Waals surface area contributed by atoms with Crippen molar-refractivity contribution in [3.8, 4) is 45.4 Å². The number of hydrogen-bond acceptors (Lipinski definition) is 9. The van der Waals surface area contributed by atoms with Gasteiger partial charge in [-0.1, -0.05) is 19.6 Å². The Bertz CT molecular complexity index is 2590. The first-order valence-corrected chi connectivity index (χ1v) is 17.0. The SMILES string of the molecule is C.Cn1nc(-c2ccco2)cc1-c1ccc(N)nc1.Cn1nc(-c2ccco2)cc1-c1ccc(NC(=O)c2c(F)cccc2F)nc1.O=C(Cl)c1c(F)cccc1F. The lowest BCUT2D eigenvalue weighted by Crippen LogP contribution is -2.16. The molecule has 3 N–H and O–H groups in total. The van der Waals surface area contributed by atoms with E-state index in [0.29, 0.717) is 17.3 Å². The lowest BCUT2D eigenvalue weighted by atomic mass is 10.1. The molecule has 0 atom stereocenters. The monoisotopic (exact) mass is 812 g/mol. The van der Waals surface area contributed by atoms with Gasteiger partial charge in [-0.2, -0.15) is 10.2 Å². The summed E-state index contributed by atoms with van der Waals surface area (Å²) < 4.78 is 66.7. The Balaban J connectivity index is 0.000000183. The van der Waals surface area contributed by atoms with Gasteiger partial charge in [0.25, 0.3) is 11.1 Å². The fourth-order valence-corrected chi connectivity index (χ4v) is 5.50. The van der Waals surface area contributed by atoms with Crippen LogP contribution in [0.4, 0.5) is 29.2 Å². The van der Waals surface area contributed by atoms with Gasteiger partial charge < -0.3 is 19.9 Å². The number of carbonyl (C=O) groups is 2. The molecular formula is C41H33ClF4N8O4. The number of furan rings is 2. The molecule has 2 aromatic carbocycles. The molecule has 12 nitrogen and oxygen atoms in total. The molecule has 8 rings (SSSR count). The topological polar surface area (TPSA) is 160 Å². The van der Waals surface area contributed by atoms with Crippen molar-refractivity contribution in [2.75, 3.05) is 11.1 Å². The number of pyridine rings is 2. The minimum absolute atomic E-state index is 0. The summed E-state index contributed by atoms with van der Waals surface area (Å²) in [5.74, 6) is -2.58. The molecule has 0 aliphatic heterocycles. The minimum atomic E-state index is -1.12. The van der Waals surface area contributed by atoms with Gasteiger partial charge in [0.15, 0.2) is 11.5 Å². The van der Waals surface area contributed by atoms with Crippen molar-refractivity contribution in [1.82, 2.24) is 29.5 Å². The van der Waals surface area contributed by atoms with Crippen molar-refractivity contribution in [3.63, 3.8) is 0 Å². The lowest BCUT2D eigenvalue weighted by molar-refractivity contribution is 0.101. The number of carbonyl (C=O) groups excluding carboxylic acids is 2. The molecule has 0 aliphatic carbocycles. The third-order valence-electron chi connectivity index (χ3n) is 8.04. The molecule has 0 spiro atoms. The molecule has 0 unspecified atom stereocenters. The highest BCUT2D eigenvalue weighted by molar-refractivity contribution is 6.67. The Hall–Kier alpha value is -7.33. The van der Waals surface area contributed by atoms with E-state index < -0.39 is 45.5 Å². The number of nitrogens with two attached hydrogens (primary N) is 1. The number of rotatable bonds is 7. The molecule has 0 aliphatic rings. The molecule has 0 bridgehead atoms. The molecular weight excluding hydrogens is 780 g/mol. The van der Waals surface area contributed by atoms with E-state index in [9.17, 15) is 27.2 Å². The van der Waals surface area contributed by atoms with Crippen LogP contribution >= 0.6 is 11.6 Å². The van der Waals surface area contributed by atoms with Gasteiger partial charge in [-0.25, -0.2) is 27.5 Å². The van der Waals surface area contributed by atoms with E-state index in [-0.39, 0.29) is 13.2 Å². The van der Waals surface area contributed by atoms with Crippen molar-refractivity contribution < 1.29 is 36.0 Å². The van der Waals surface area contributed by atoms with Crippen molar-refractivity contribution >= 4 is 34.4 Å². The highest BCUT2D eigenvalue weighted by Gasteiger charge is 2.18. The molecule has 0 radical (unpaired) electrons. The van der Waals surface area contributed by atoms with E-state index >= 15 is 0 Å². The van der Waals surface area contributed by atoms with Crippen molar-refractivity contribution in [2.45, 2.75) is 7.43 Å². The first-order valence-electron chi connectivity index (χ1n) is 16.6. The number of hydrogen-bond donors (Lipinski definition) is 2. The molecule has 0 fully saturated rings. The zero-order valence-electron chi connectivity index (χ0n) is 29.8. The quantitative estimate of drug-likeness (QED) is 0.118. The molecule has 296 valence electrons. The predicted molar refractivity (Wildman–Crippen MR) is 210 cm³/mol. The first-order chi connectivity index (χ1) is 27.4. The third-order valence-corrected chi connectivity index (χ3v) is 8.23. The van der Waals surface area contributed by atoms with E-state index in [4.69, 9.17) is 26.2 Å². The van der Waals surface area contributed by atoms with Crippen LogP contribution in [-0.4, -0.2) is 40.7 Å².